The number of aliphatic hydroxyl groups excluding tert-OH is 2. The number of nitrogens with zero attached hydrogens (tertiary/aromatic N) is 1. The highest BCUT2D eigenvalue weighted by atomic mass is 16.3. The van der Waals surface area contributed by atoms with Crippen molar-refractivity contribution in [1.82, 2.24) is 0 Å². The Bertz CT molecular complexity index is 555. The molecule has 1 aromatic rings. The van der Waals surface area contributed by atoms with Crippen LogP contribution in [0.5, 0.6) is 0 Å². The Morgan fingerprint density at radius 2 is 1.40 bits per heavy atom. The van der Waals surface area contributed by atoms with Crippen LogP contribution in [-0.2, 0) is 9.59 Å². The van der Waals surface area contributed by atoms with E-state index in [4.69, 9.17) is 0 Å². The number of hydrogen-bond donors (Lipinski definition) is 2. The quantitative estimate of drug-likeness (QED) is 0.715. The minimum Gasteiger partial charge on any atom is -0.390 e. The van der Waals surface area contributed by atoms with Crippen LogP contribution in [0.25, 0.3) is 0 Å². The van der Waals surface area contributed by atoms with Crippen LogP contribution in [0.15, 0.2) is 30.3 Å². The van der Waals surface area contributed by atoms with E-state index >= 15 is 0 Å². The number of para-hydroxylation sites is 1. The maximum atomic E-state index is 12.6. The molecule has 2 bridgehead atoms. The van der Waals surface area contributed by atoms with Gasteiger partial charge in [-0.25, -0.2) is 0 Å². The van der Waals surface area contributed by atoms with Crippen LogP contribution >= 0.6 is 0 Å². The Kier molecular flexibility index (Phi) is 2.35. The fourth-order valence-corrected chi connectivity index (χ4v) is 4.26. The van der Waals surface area contributed by atoms with Gasteiger partial charge in [-0.1, -0.05) is 18.2 Å². The van der Waals surface area contributed by atoms with Gasteiger partial charge in [0.15, 0.2) is 0 Å². The number of rotatable bonds is 1. The first-order chi connectivity index (χ1) is 9.61. The Labute approximate surface area is 115 Å². The molecular formula is C15H15NO4. The second kappa shape index (κ2) is 3.90. The van der Waals surface area contributed by atoms with Crippen molar-refractivity contribution in [2.75, 3.05) is 4.90 Å². The number of aliphatic hydroxyl groups is 2. The molecule has 2 aliphatic carbocycles. The van der Waals surface area contributed by atoms with Crippen molar-refractivity contribution in [1.29, 1.82) is 0 Å². The summed E-state index contributed by atoms with van der Waals surface area (Å²) in [6, 6.07) is 8.84. The number of imide groups is 1. The summed E-state index contributed by atoms with van der Waals surface area (Å²) in [4.78, 5) is 26.3. The largest absolute Gasteiger partial charge is 0.390 e. The molecule has 0 spiro atoms. The van der Waals surface area contributed by atoms with E-state index in [2.05, 4.69) is 0 Å². The Morgan fingerprint density at radius 1 is 0.900 bits per heavy atom. The van der Waals surface area contributed by atoms with Crippen molar-refractivity contribution < 1.29 is 19.8 Å². The summed E-state index contributed by atoms with van der Waals surface area (Å²) in [6.45, 7) is 0. The Morgan fingerprint density at radius 3 is 1.90 bits per heavy atom. The van der Waals surface area contributed by atoms with Crippen LogP contribution < -0.4 is 4.90 Å². The molecule has 1 saturated heterocycles. The average Bonchev–Trinajstić information content (AvgIpc) is 3.05. The summed E-state index contributed by atoms with van der Waals surface area (Å²) in [6.07, 6.45) is -1.19. The summed E-state index contributed by atoms with van der Waals surface area (Å²) < 4.78 is 0. The van der Waals surface area contributed by atoms with Crippen LogP contribution in [-0.4, -0.2) is 34.2 Å². The van der Waals surface area contributed by atoms with Crippen LogP contribution in [0.3, 0.4) is 0 Å². The van der Waals surface area contributed by atoms with E-state index < -0.39 is 24.0 Å². The fraction of sp³-hybridized carbons (Fsp3) is 0.467. The van der Waals surface area contributed by atoms with Gasteiger partial charge in [0, 0.05) is 11.8 Å². The number of hydrogen-bond acceptors (Lipinski definition) is 4. The van der Waals surface area contributed by atoms with Gasteiger partial charge in [-0.3, -0.25) is 14.5 Å². The zero-order valence-electron chi connectivity index (χ0n) is 10.7. The van der Waals surface area contributed by atoms with Crippen molar-refractivity contribution >= 4 is 17.5 Å². The monoisotopic (exact) mass is 273 g/mol. The molecule has 0 radical (unpaired) electrons. The van der Waals surface area contributed by atoms with E-state index in [1.165, 1.54) is 4.90 Å². The molecule has 4 rings (SSSR count). The summed E-state index contributed by atoms with van der Waals surface area (Å²) in [5.74, 6) is -1.97. The molecule has 6 atom stereocenters. The van der Waals surface area contributed by atoms with E-state index in [1.54, 1.807) is 24.3 Å². The highest BCUT2D eigenvalue weighted by Crippen LogP contribution is 2.56. The fourth-order valence-electron chi connectivity index (χ4n) is 4.26. The van der Waals surface area contributed by atoms with Crippen LogP contribution in [0.4, 0.5) is 5.69 Å². The molecule has 0 unspecified atom stereocenters. The van der Waals surface area contributed by atoms with Crippen molar-refractivity contribution in [3.63, 3.8) is 0 Å². The summed E-state index contributed by atoms with van der Waals surface area (Å²) >= 11 is 0. The number of amides is 2. The van der Waals surface area contributed by atoms with Gasteiger partial charge in [0.25, 0.3) is 0 Å². The lowest BCUT2D eigenvalue weighted by Gasteiger charge is -2.29. The predicted octanol–water partition coefficient (Wildman–Crippen LogP) is 0.164. The van der Waals surface area contributed by atoms with Crippen molar-refractivity contribution in [2.45, 2.75) is 18.6 Å². The van der Waals surface area contributed by atoms with Crippen LogP contribution in [0.2, 0.25) is 0 Å². The van der Waals surface area contributed by atoms with Gasteiger partial charge in [-0.05, 0) is 18.6 Å². The second-order valence-electron chi connectivity index (χ2n) is 5.94. The lowest BCUT2D eigenvalue weighted by Crippen LogP contribution is -2.43. The number of carbonyl (C=O) groups is 2. The molecule has 1 heterocycles. The number of anilines is 1. The van der Waals surface area contributed by atoms with E-state index in [1.807, 2.05) is 6.07 Å². The first kappa shape index (κ1) is 12.1. The lowest BCUT2D eigenvalue weighted by atomic mass is 9.78. The SMILES string of the molecule is O=C1[C@@H]2[C@@H]3C[C@H]([C@H](O)[C@H]3O)[C@@H]2C(=O)N1c1ccccc1. The van der Waals surface area contributed by atoms with Gasteiger partial charge >= 0.3 is 0 Å². The molecule has 1 aromatic carbocycles. The summed E-state index contributed by atoms with van der Waals surface area (Å²) in [5.41, 5.74) is 0.570. The van der Waals surface area contributed by atoms with Gasteiger partial charge < -0.3 is 10.2 Å². The Hall–Kier alpha value is -1.72. The highest BCUT2D eigenvalue weighted by molar-refractivity contribution is 6.22. The highest BCUT2D eigenvalue weighted by Gasteiger charge is 2.67. The number of benzene rings is 1. The molecule has 3 fully saturated rings. The third-order valence-electron chi connectivity index (χ3n) is 5.11. The molecule has 5 heteroatoms. The van der Waals surface area contributed by atoms with Crippen LogP contribution in [0.1, 0.15) is 6.42 Å². The average molecular weight is 273 g/mol. The molecule has 2 saturated carbocycles. The molecule has 1 aliphatic heterocycles. The third kappa shape index (κ3) is 1.29. The van der Waals surface area contributed by atoms with E-state index in [0.29, 0.717) is 12.1 Å². The molecule has 2 amide bonds. The molecular weight excluding hydrogens is 258 g/mol. The summed E-state index contributed by atoms with van der Waals surface area (Å²) in [5, 5.41) is 19.9. The standard InChI is InChI=1S/C15H15NO4/c17-12-8-6-9(13(12)18)11-10(8)14(19)16(15(11)20)7-4-2-1-3-5-7/h1-5,8-13,17-18H,6H2/t8-,9-,10-,11+,12-,13-/m0/s1. The number of fused-ring (bicyclic) bond motifs is 5. The van der Waals surface area contributed by atoms with E-state index in [0.717, 1.165) is 0 Å². The van der Waals surface area contributed by atoms with Gasteiger partial charge in [0.1, 0.15) is 0 Å². The van der Waals surface area contributed by atoms with Gasteiger partial charge in [-0.15, -0.1) is 0 Å². The Balaban J connectivity index is 1.75. The first-order valence-electron chi connectivity index (χ1n) is 6.90. The predicted molar refractivity (Wildman–Crippen MR) is 69.5 cm³/mol. The van der Waals surface area contributed by atoms with Gasteiger partial charge in [-0.2, -0.15) is 0 Å². The van der Waals surface area contributed by atoms with E-state index in [-0.39, 0.29) is 23.7 Å². The van der Waals surface area contributed by atoms with Crippen LogP contribution in [0, 0.1) is 23.7 Å². The zero-order valence-corrected chi connectivity index (χ0v) is 10.7. The molecule has 0 aromatic heterocycles. The number of carbonyl (C=O) groups excluding carboxylic acids is 2. The first-order valence-corrected chi connectivity index (χ1v) is 6.90. The van der Waals surface area contributed by atoms with Gasteiger partial charge in [0.05, 0.1) is 29.7 Å². The molecule has 3 aliphatic rings. The molecule has 2 N–H and O–H groups in total. The minimum absolute atomic E-state index is 0.232. The molecule has 20 heavy (non-hydrogen) atoms. The summed E-state index contributed by atoms with van der Waals surface area (Å²) in [7, 11) is 0. The smallest absolute Gasteiger partial charge is 0.238 e. The minimum atomic E-state index is -0.881. The lowest BCUT2D eigenvalue weighted by molar-refractivity contribution is -0.129. The van der Waals surface area contributed by atoms with Crippen molar-refractivity contribution in [2.24, 2.45) is 23.7 Å². The molecule has 104 valence electrons. The zero-order chi connectivity index (χ0) is 14.0. The molecule has 5 nitrogen and oxygen atoms in total. The maximum Gasteiger partial charge on any atom is 0.238 e. The van der Waals surface area contributed by atoms with E-state index in [9.17, 15) is 19.8 Å². The normalized spacial score (nSPS) is 42.4. The third-order valence-corrected chi connectivity index (χ3v) is 5.11. The van der Waals surface area contributed by atoms with Crippen molar-refractivity contribution in [3.05, 3.63) is 30.3 Å². The van der Waals surface area contributed by atoms with Gasteiger partial charge in [0.2, 0.25) is 11.8 Å². The second-order valence-corrected chi connectivity index (χ2v) is 5.94. The maximum absolute atomic E-state index is 12.6. The topological polar surface area (TPSA) is 77.8 Å². The van der Waals surface area contributed by atoms with Crippen molar-refractivity contribution in [3.8, 4) is 0 Å².